The number of likely N-dealkylation sites (tertiary alicyclic amines) is 1. The van der Waals surface area contributed by atoms with E-state index < -0.39 is 0 Å². The van der Waals surface area contributed by atoms with Gasteiger partial charge < -0.3 is 25.0 Å². The summed E-state index contributed by atoms with van der Waals surface area (Å²) in [5, 5.41) is 7.73. The molecule has 2 aliphatic rings. The smallest absolute Gasteiger partial charge is 0.170 e. The van der Waals surface area contributed by atoms with Gasteiger partial charge in [0, 0.05) is 49.5 Å². The van der Waals surface area contributed by atoms with Crippen molar-refractivity contribution in [1.82, 2.24) is 10.2 Å². The normalized spacial score (nSPS) is 22.6. The van der Waals surface area contributed by atoms with Crippen molar-refractivity contribution >= 4 is 28.7 Å². The lowest BCUT2D eigenvalue weighted by Crippen LogP contribution is -2.52. The number of rotatable bonds is 8. The van der Waals surface area contributed by atoms with Gasteiger partial charge in [-0.25, -0.2) is 0 Å². The van der Waals surface area contributed by atoms with Crippen molar-refractivity contribution in [3.05, 3.63) is 83.9 Å². The van der Waals surface area contributed by atoms with Crippen molar-refractivity contribution in [3.8, 4) is 11.5 Å². The quantitative estimate of drug-likeness (QED) is 0.347. The minimum Gasteiger partial charge on any atom is -0.493 e. The van der Waals surface area contributed by atoms with E-state index in [0.29, 0.717) is 17.2 Å². The van der Waals surface area contributed by atoms with Crippen LogP contribution >= 0.6 is 12.2 Å². The lowest BCUT2D eigenvalue weighted by atomic mass is 9.65. The maximum absolute atomic E-state index is 5.76. The van der Waals surface area contributed by atoms with Crippen molar-refractivity contribution in [1.29, 1.82) is 0 Å². The number of hydrogen-bond donors (Lipinski definition) is 2. The van der Waals surface area contributed by atoms with Crippen molar-refractivity contribution in [3.63, 3.8) is 0 Å². The van der Waals surface area contributed by atoms with Gasteiger partial charge in [0.15, 0.2) is 16.6 Å². The Morgan fingerprint density at radius 1 is 0.974 bits per heavy atom. The summed E-state index contributed by atoms with van der Waals surface area (Å²) in [5.74, 6) is 1.58. The molecule has 7 heteroatoms. The average Bonchev–Trinajstić information content (AvgIpc) is 3.32. The third kappa shape index (κ3) is 5.85. The highest BCUT2D eigenvalue weighted by molar-refractivity contribution is 7.80. The second kappa shape index (κ2) is 11.8. The molecule has 5 rings (SSSR count). The Bertz CT molecular complexity index is 1270. The zero-order valence-corrected chi connectivity index (χ0v) is 24.3. The molecule has 1 saturated heterocycles. The number of hydrogen-bond acceptors (Lipinski definition) is 5. The van der Waals surface area contributed by atoms with Gasteiger partial charge in [0.2, 0.25) is 0 Å². The second-order valence-electron chi connectivity index (χ2n) is 11.0. The molecule has 0 bridgehead atoms. The van der Waals surface area contributed by atoms with Gasteiger partial charge >= 0.3 is 0 Å². The van der Waals surface area contributed by atoms with Crippen LogP contribution in [0, 0.1) is 0 Å². The predicted molar refractivity (Wildman–Crippen MR) is 164 cm³/mol. The summed E-state index contributed by atoms with van der Waals surface area (Å²) in [4.78, 5) is 4.77. The Morgan fingerprint density at radius 3 is 2.41 bits per heavy atom. The Morgan fingerprint density at radius 2 is 1.72 bits per heavy atom. The molecule has 0 amide bonds. The molecule has 206 valence electrons. The van der Waals surface area contributed by atoms with E-state index in [1.54, 1.807) is 14.2 Å². The minimum atomic E-state index is 0.0730. The van der Waals surface area contributed by atoms with Crippen LogP contribution in [0.4, 0.5) is 11.4 Å². The Hall–Kier alpha value is -3.29. The van der Waals surface area contributed by atoms with Gasteiger partial charge in [0.1, 0.15) is 0 Å². The van der Waals surface area contributed by atoms with Crippen molar-refractivity contribution < 1.29 is 9.47 Å². The molecule has 6 nitrogen and oxygen atoms in total. The van der Waals surface area contributed by atoms with Crippen LogP contribution in [-0.4, -0.2) is 57.0 Å². The van der Waals surface area contributed by atoms with Crippen LogP contribution in [0.25, 0.3) is 0 Å². The molecule has 39 heavy (non-hydrogen) atoms. The highest BCUT2D eigenvalue weighted by atomic mass is 32.1. The monoisotopic (exact) mass is 544 g/mol. The molecule has 3 aromatic carbocycles. The van der Waals surface area contributed by atoms with Crippen LogP contribution in [0.1, 0.15) is 36.8 Å². The van der Waals surface area contributed by atoms with Gasteiger partial charge in [-0.3, -0.25) is 4.90 Å². The number of methoxy groups -OCH3 is 2. The Labute approximate surface area is 238 Å². The summed E-state index contributed by atoms with van der Waals surface area (Å²) in [6, 6.07) is 26.4. The molecule has 0 unspecified atom stereocenters. The van der Waals surface area contributed by atoms with E-state index in [0.717, 1.165) is 61.6 Å². The van der Waals surface area contributed by atoms with E-state index in [1.807, 2.05) is 14.1 Å². The van der Waals surface area contributed by atoms with E-state index in [1.165, 1.54) is 11.1 Å². The van der Waals surface area contributed by atoms with Crippen LogP contribution in [0.2, 0.25) is 0 Å². The SMILES string of the molecule is COc1ccc([C@@]23CC[C@@H](NC(=S)Nc4ccc(N(C)C)cc4)C[C@@H]2N(Cc2ccccc2)CC3)cc1OC. The molecule has 1 saturated carbocycles. The largest absolute Gasteiger partial charge is 0.493 e. The molecule has 2 N–H and O–H groups in total. The van der Waals surface area contributed by atoms with Crippen LogP contribution in [0.3, 0.4) is 0 Å². The van der Waals surface area contributed by atoms with Crippen LogP contribution in [0.5, 0.6) is 11.5 Å². The number of nitrogens with one attached hydrogen (secondary N) is 2. The van der Waals surface area contributed by atoms with E-state index >= 15 is 0 Å². The van der Waals surface area contributed by atoms with Crippen LogP contribution < -0.4 is 25.0 Å². The zero-order valence-electron chi connectivity index (χ0n) is 23.4. The lowest BCUT2D eigenvalue weighted by Gasteiger charge is -2.46. The second-order valence-corrected chi connectivity index (χ2v) is 11.4. The molecule has 3 aromatic rings. The number of thiocarbonyl (C=S) groups is 1. The number of anilines is 2. The summed E-state index contributed by atoms with van der Waals surface area (Å²) < 4.78 is 11.3. The molecular weight excluding hydrogens is 504 g/mol. The molecular formula is C32H40N4O2S. The average molecular weight is 545 g/mol. The van der Waals surface area contributed by atoms with Gasteiger partial charge in [0.05, 0.1) is 14.2 Å². The first-order valence-electron chi connectivity index (χ1n) is 13.8. The minimum absolute atomic E-state index is 0.0730. The fourth-order valence-electron chi connectivity index (χ4n) is 6.46. The number of nitrogens with zero attached hydrogens (tertiary/aromatic N) is 2. The van der Waals surface area contributed by atoms with Gasteiger partial charge in [-0.05, 0) is 92.0 Å². The fourth-order valence-corrected chi connectivity index (χ4v) is 6.75. The van der Waals surface area contributed by atoms with E-state index in [-0.39, 0.29) is 5.41 Å². The highest BCUT2D eigenvalue weighted by Gasteiger charge is 2.51. The first kappa shape index (κ1) is 27.3. The lowest BCUT2D eigenvalue weighted by molar-refractivity contribution is 0.134. The molecule has 1 aliphatic heterocycles. The van der Waals surface area contributed by atoms with E-state index in [2.05, 4.69) is 93.2 Å². The molecule has 1 heterocycles. The zero-order chi connectivity index (χ0) is 27.4. The molecule has 2 fully saturated rings. The van der Waals surface area contributed by atoms with E-state index in [4.69, 9.17) is 21.7 Å². The number of ether oxygens (including phenoxy) is 2. The Kier molecular flexibility index (Phi) is 8.29. The van der Waals surface area contributed by atoms with Crippen molar-refractivity contribution in [2.45, 2.75) is 49.7 Å². The summed E-state index contributed by atoms with van der Waals surface area (Å²) in [5.41, 5.74) is 4.94. The van der Waals surface area contributed by atoms with E-state index in [9.17, 15) is 0 Å². The molecule has 0 spiro atoms. The third-order valence-corrected chi connectivity index (χ3v) is 8.75. The first-order chi connectivity index (χ1) is 18.9. The summed E-state index contributed by atoms with van der Waals surface area (Å²) >= 11 is 5.76. The first-order valence-corrected chi connectivity index (χ1v) is 14.2. The van der Waals surface area contributed by atoms with Gasteiger partial charge in [-0.1, -0.05) is 36.4 Å². The van der Waals surface area contributed by atoms with Crippen LogP contribution in [0.15, 0.2) is 72.8 Å². The Balaban J connectivity index is 1.35. The summed E-state index contributed by atoms with van der Waals surface area (Å²) in [7, 11) is 7.50. The van der Waals surface area contributed by atoms with Gasteiger partial charge in [-0.15, -0.1) is 0 Å². The fraction of sp³-hybridized carbons (Fsp3) is 0.406. The highest BCUT2D eigenvalue weighted by Crippen LogP contribution is 2.50. The van der Waals surface area contributed by atoms with Gasteiger partial charge in [-0.2, -0.15) is 0 Å². The van der Waals surface area contributed by atoms with Gasteiger partial charge in [0.25, 0.3) is 0 Å². The topological polar surface area (TPSA) is 49.0 Å². The maximum Gasteiger partial charge on any atom is 0.170 e. The summed E-state index contributed by atoms with van der Waals surface area (Å²) in [6.45, 7) is 2.02. The standard InChI is InChI=1S/C32H40N4O2S/c1-35(2)27-13-11-25(12-14-27)33-31(39)34-26-16-17-32(24-10-15-28(37-3)29(20-24)38-4)18-19-36(30(32)21-26)22-23-8-6-5-7-9-23/h5-15,20,26,30H,16-19,21-22H2,1-4H3,(H2,33,34,39)/t26-,30+,32+/m1/s1. The number of benzene rings is 3. The van der Waals surface area contributed by atoms with Crippen molar-refractivity contribution in [2.75, 3.05) is 45.1 Å². The van der Waals surface area contributed by atoms with Crippen LogP contribution in [-0.2, 0) is 12.0 Å². The molecule has 3 atom stereocenters. The maximum atomic E-state index is 5.76. The predicted octanol–water partition coefficient (Wildman–Crippen LogP) is 5.82. The molecule has 0 aromatic heterocycles. The molecule has 0 radical (unpaired) electrons. The van der Waals surface area contributed by atoms with Crippen molar-refractivity contribution in [2.24, 2.45) is 0 Å². The number of fused-ring (bicyclic) bond motifs is 1. The third-order valence-electron chi connectivity index (χ3n) is 8.53. The molecule has 1 aliphatic carbocycles. The summed E-state index contributed by atoms with van der Waals surface area (Å²) in [6.07, 6.45) is 4.32.